The van der Waals surface area contributed by atoms with Gasteiger partial charge in [-0.3, -0.25) is 0 Å². The molecule has 0 saturated heterocycles. The van der Waals surface area contributed by atoms with E-state index in [-0.39, 0.29) is 0 Å². The summed E-state index contributed by atoms with van der Waals surface area (Å²) in [6, 6.07) is 0.525. The van der Waals surface area contributed by atoms with Gasteiger partial charge >= 0.3 is 0 Å². The van der Waals surface area contributed by atoms with E-state index in [1.807, 2.05) is 24.7 Å². The predicted molar refractivity (Wildman–Crippen MR) is 68.5 cm³/mol. The van der Waals surface area contributed by atoms with Crippen LogP contribution in [0.25, 0.3) is 0 Å². The summed E-state index contributed by atoms with van der Waals surface area (Å²) in [5.41, 5.74) is 6.53. The first-order chi connectivity index (χ1) is 8.00. The van der Waals surface area contributed by atoms with Crippen molar-refractivity contribution in [2.75, 3.05) is 0 Å². The molecule has 0 amide bonds. The molecule has 2 unspecified atom stereocenters. The number of hydrogen-bond acceptors (Lipinski definition) is 3. The van der Waals surface area contributed by atoms with Gasteiger partial charge in [0.05, 0.1) is 17.8 Å². The number of hydrogen-bond donors (Lipinski definition) is 1. The summed E-state index contributed by atoms with van der Waals surface area (Å²) in [5, 5.41) is 8.46. The van der Waals surface area contributed by atoms with E-state index in [0.717, 1.165) is 11.6 Å². The Morgan fingerprint density at radius 1 is 1.47 bits per heavy atom. The average Bonchev–Trinajstić information content (AvgIpc) is 2.78. The van der Waals surface area contributed by atoms with E-state index in [2.05, 4.69) is 17.2 Å². The van der Waals surface area contributed by atoms with Crippen molar-refractivity contribution in [3.8, 4) is 0 Å². The molecule has 2 atom stereocenters. The van der Waals surface area contributed by atoms with E-state index >= 15 is 0 Å². The Labute approximate surface area is 104 Å². The fourth-order valence-corrected chi connectivity index (χ4v) is 2.62. The Morgan fingerprint density at radius 2 is 2.24 bits per heavy atom. The maximum atomic E-state index is 6.04. The van der Waals surface area contributed by atoms with Crippen molar-refractivity contribution in [2.45, 2.75) is 64.5 Å². The molecule has 17 heavy (non-hydrogen) atoms. The topological polar surface area (TPSA) is 56.7 Å². The third-order valence-electron chi connectivity index (χ3n) is 3.88. The van der Waals surface area contributed by atoms with E-state index in [0.29, 0.717) is 6.04 Å². The summed E-state index contributed by atoms with van der Waals surface area (Å²) < 4.78 is 2.03. The molecule has 1 aromatic rings. The molecule has 2 rings (SSSR count). The highest BCUT2D eigenvalue weighted by Gasteiger charge is 2.25. The summed E-state index contributed by atoms with van der Waals surface area (Å²) in [7, 11) is 0. The SMILES string of the molecule is CCC1CCCC(n2cc(C(C)(C)N)nn2)C1. The molecule has 96 valence electrons. The third-order valence-corrected chi connectivity index (χ3v) is 3.88. The first-order valence-corrected chi connectivity index (χ1v) is 6.72. The van der Waals surface area contributed by atoms with Crippen molar-refractivity contribution in [3.63, 3.8) is 0 Å². The minimum Gasteiger partial charge on any atom is -0.320 e. The quantitative estimate of drug-likeness (QED) is 0.877. The van der Waals surface area contributed by atoms with Crippen LogP contribution in [0.1, 0.15) is 64.6 Å². The lowest BCUT2D eigenvalue weighted by Gasteiger charge is -2.28. The van der Waals surface area contributed by atoms with E-state index in [9.17, 15) is 0 Å². The predicted octanol–water partition coefficient (Wildman–Crippen LogP) is 2.61. The van der Waals surface area contributed by atoms with E-state index < -0.39 is 5.54 Å². The van der Waals surface area contributed by atoms with Gasteiger partial charge in [-0.25, -0.2) is 4.68 Å². The molecule has 1 saturated carbocycles. The monoisotopic (exact) mass is 236 g/mol. The largest absolute Gasteiger partial charge is 0.320 e. The Kier molecular flexibility index (Phi) is 3.52. The zero-order valence-corrected chi connectivity index (χ0v) is 11.2. The van der Waals surface area contributed by atoms with Crippen LogP contribution in [-0.4, -0.2) is 15.0 Å². The molecule has 1 fully saturated rings. The van der Waals surface area contributed by atoms with Gasteiger partial charge in [0.15, 0.2) is 0 Å². The molecule has 2 N–H and O–H groups in total. The maximum absolute atomic E-state index is 6.04. The van der Waals surface area contributed by atoms with E-state index in [4.69, 9.17) is 5.73 Å². The van der Waals surface area contributed by atoms with Crippen LogP contribution in [0.4, 0.5) is 0 Å². The molecule has 0 bridgehead atoms. The number of aromatic nitrogens is 3. The first kappa shape index (κ1) is 12.6. The van der Waals surface area contributed by atoms with Gasteiger partial charge in [0.2, 0.25) is 0 Å². The second kappa shape index (κ2) is 4.77. The molecule has 0 aromatic carbocycles. The molecule has 1 aliphatic rings. The Hall–Kier alpha value is -0.900. The van der Waals surface area contributed by atoms with Crippen LogP contribution in [0.15, 0.2) is 6.20 Å². The second-order valence-electron chi connectivity index (χ2n) is 5.90. The molecular weight excluding hydrogens is 212 g/mol. The van der Waals surface area contributed by atoms with Crippen LogP contribution in [0.5, 0.6) is 0 Å². The van der Waals surface area contributed by atoms with Crippen LogP contribution in [0.2, 0.25) is 0 Å². The summed E-state index contributed by atoms with van der Waals surface area (Å²) >= 11 is 0. The standard InChI is InChI=1S/C13H24N4/c1-4-10-6-5-7-11(8-10)17-9-12(15-16-17)13(2,3)14/h9-11H,4-8,14H2,1-3H3. The van der Waals surface area contributed by atoms with Gasteiger partial charge in [-0.05, 0) is 32.6 Å². The van der Waals surface area contributed by atoms with E-state index in [1.54, 1.807) is 0 Å². The highest BCUT2D eigenvalue weighted by atomic mass is 15.4. The van der Waals surface area contributed by atoms with Crippen molar-refractivity contribution < 1.29 is 0 Å². The molecule has 1 aromatic heterocycles. The Bertz CT molecular complexity index is 364. The van der Waals surface area contributed by atoms with Gasteiger partial charge in [-0.1, -0.05) is 31.4 Å². The van der Waals surface area contributed by atoms with Crippen LogP contribution >= 0.6 is 0 Å². The lowest BCUT2D eigenvalue weighted by molar-refractivity contribution is 0.245. The van der Waals surface area contributed by atoms with Crippen LogP contribution in [0.3, 0.4) is 0 Å². The van der Waals surface area contributed by atoms with Gasteiger partial charge in [0, 0.05) is 0 Å². The Morgan fingerprint density at radius 3 is 2.82 bits per heavy atom. The van der Waals surface area contributed by atoms with Gasteiger partial charge in [0.1, 0.15) is 5.69 Å². The molecule has 0 spiro atoms. The van der Waals surface area contributed by atoms with Crippen molar-refractivity contribution in [2.24, 2.45) is 11.7 Å². The summed E-state index contributed by atoms with van der Waals surface area (Å²) in [4.78, 5) is 0. The zero-order chi connectivity index (χ0) is 12.5. The summed E-state index contributed by atoms with van der Waals surface area (Å²) in [6.07, 6.45) is 8.46. The molecule has 1 heterocycles. The maximum Gasteiger partial charge on any atom is 0.102 e. The minimum absolute atomic E-state index is 0.392. The summed E-state index contributed by atoms with van der Waals surface area (Å²) in [6.45, 7) is 6.22. The zero-order valence-electron chi connectivity index (χ0n) is 11.2. The summed E-state index contributed by atoms with van der Waals surface area (Å²) in [5.74, 6) is 0.854. The van der Waals surface area contributed by atoms with Crippen LogP contribution in [0, 0.1) is 5.92 Å². The molecule has 4 nitrogen and oxygen atoms in total. The highest BCUT2D eigenvalue weighted by molar-refractivity contribution is 5.06. The lowest BCUT2D eigenvalue weighted by Crippen LogP contribution is -2.29. The number of nitrogens with zero attached hydrogens (tertiary/aromatic N) is 3. The van der Waals surface area contributed by atoms with Crippen molar-refractivity contribution >= 4 is 0 Å². The minimum atomic E-state index is -0.392. The molecule has 1 aliphatic carbocycles. The van der Waals surface area contributed by atoms with Crippen molar-refractivity contribution in [1.82, 2.24) is 15.0 Å². The smallest absolute Gasteiger partial charge is 0.102 e. The highest BCUT2D eigenvalue weighted by Crippen LogP contribution is 2.33. The molecule has 0 aliphatic heterocycles. The molecular formula is C13H24N4. The van der Waals surface area contributed by atoms with Crippen LogP contribution < -0.4 is 5.73 Å². The lowest BCUT2D eigenvalue weighted by atomic mass is 9.84. The normalized spacial score (nSPS) is 26.1. The van der Waals surface area contributed by atoms with Gasteiger partial charge in [-0.2, -0.15) is 0 Å². The number of rotatable bonds is 3. The fourth-order valence-electron chi connectivity index (χ4n) is 2.62. The van der Waals surface area contributed by atoms with Crippen molar-refractivity contribution in [1.29, 1.82) is 0 Å². The fraction of sp³-hybridized carbons (Fsp3) is 0.846. The average molecular weight is 236 g/mol. The van der Waals surface area contributed by atoms with Crippen LogP contribution in [-0.2, 0) is 5.54 Å². The van der Waals surface area contributed by atoms with Gasteiger partial charge < -0.3 is 5.73 Å². The first-order valence-electron chi connectivity index (χ1n) is 6.72. The van der Waals surface area contributed by atoms with Gasteiger partial charge in [-0.15, -0.1) is 5.10 Å². The Balaban J connectivity index is 2.09. The number of nitrogens with two attached hydrogens (primary N) is 1. The third kappa shape index (κ3) is 2.86. The van der Waals surface area contributed by atoms with E-state index in [1.165, 1.54) is 32.1 Å². The molecule has 4 heteroatoms. The van der Waals surface area contributed by atoms with Crippen molar-refractivity contribution in [3.05, 3.63) is 11.9 Å². The molecule has 0 radical (unpaired) electrons. The second-order valence-corrected chi connectivity index (χ2v) is 5.90. The van der Waals surface area contributed by atoms with Gasteiger partial charge in [0.25, 0.3) is 0 Å².